The van der Waals surface area contributed by atoms with Crippen LogP contribution in [-0.4, -0.2) is 36.3 Å². The summed E-state index contributed by atoms with van der Waals surface area (Å²) in [6.45, 7) is 11.2. The van der Waals surface area contributed by atoms with Crippen LogP contribution in [0.3, 0.4) is 0 Å². The zero-order chi connectivity index (χ0) is 25.1. The van der Waals surface area contributed by atoms with E-state index in [0.717, 1.165) is 25.7 Å². The maximum Gasteiger partial charge on any atom is 0.397 e. The van der Waals surface area contributed by atoms with Gasteiger partial charge in [0.25, 0.3) is 0 Å². The predicted octanol–water partition coefficient (Wildman–Crippen LogP) is 5.20. The van der Waals surface area contributed by atoms with Crippen molar-refractivity contribution in [3.63, 3.8) is 0 Å². The van der Waals surface area contributed by atoms with Gasteiger partial charge in [0.1, 0.15) is 0 Å². The van der Waals surface area contributed by atoms with Gasteiger partial charge in [0, 0.05) is 6.04 Å². The van der Waals surface area contributed by atoms with E-state index in [-0.39, 0.29) is 17.4 Å². The Kier molecular flexibility index (Phi) is 7.57. The van der Waals surface area contributed by atoms with Gasteiger partial charge < -0.3 is 10.8 Å². The molecule has 0 aromatic rings. The van der Waals surface area contributed by atoms with Crippen molar-refractivity contribution < 1.29 is 22.3 Å². The maximum absolute atomic E-state index is 11.4. The van der Waals surface area contributed by atoms with Gasteiger partial charge in [0.05, 0.1) is 12.2 Å². The van der Waals surface area contributed by atoms with Crippen LogP contribution in [0.25, 0.3) is 0 Å². The van der Waals surface area contributed by atoms with Crippen LogP contribution in [0, 0.1) is 52.3 Å². The number of nitrogens with two attached hydrogens (primary N) is 1. The van der Waals surface area contributed by atoms with E-state index < -0.39 is 16.5 Å². The van der Waals surface area contributed by atoms with Gasteiger partial charge in [-0.25, -0.2) is 4.18 Å². The van der Waals surface area contributed by atoms with E-state index >= 15 is 0 Å². The molecule has 0 amide bonds. The van der Waals surface area contributed by atoms with Crippen molar-refractivity contribution in [3.05, 3.63) is 0 Å². The van der Waals surface area contributed by atoms with Gasteiger partial charge in [0.15, 0.2) is 0 Å². The minimum absolute atomic E-state index is 0.0196. The molecule has 11 atom stereocenters. The second-order valence-electron chi connectivity index (χ2n) is 13.4. The van der Waals surface area contributed by atoms with Crippen molar-refractivity contribution in [2.75, 3.05) is 0 Å². The first-order valence-electron chi connectivity index (χ1n) is 13.9. The summed E-state index contributed by atoms with van der Waals surface area (Å²) in [7, 11) is -4.44. The maximum atomic E-state index is 11.4. The Bertz CT molecular complexity index is 833. The second-order valence-corrected chi connectivity index (χ2v) is 14.5. The third kappa shape index (κ3) is 4.85. The summed E-state index contributed by atoms with van der Waals surface area (Å²) < 4.78 is 36.8. The lowest BCUT2D eigenvalue weighted by Gasteiger charge is -2.62. The number of aliphatic hydroxyl groups is 1. The molecule has 4 aliphatic rings. The minimum Gasteiger partial charge on any atom is -0.393 e. The van der Waals surface area contributed by atoms with Gasteiger partial charge in [-0.15, -0.1) is 0 Å². The standard InChI is InChI=1S/C27H49NO5S/c1-16(2)24(33-34(30,31)32)9-6-17(3)20-7-8-21-25-22(11-13-27(20,21)5)26(4)12-10-19(28)14-18(26)15-23(25)29/h16-25,29H,6-15,28H2,1-5H3,(H,30,31,32)/t17-,18-,19?,20-,21?,22?,23?,24-,25?,26+,27-/m1/s1. The zero-order valence-electron chi connectivity index (χ0n) is 21.9. The van der Waals surface area contributed by atoms with Crippen LogP contribution >= 0.6 is 0 Å². The SMILES string of the molecule is CC(C)[C@@H](CC[C@@H](C)[C@H]1CCC2C3C(O)C[C@H]4CC(N)CC[C@]4(C)C3CC[C@@]21C)OS(=O)(=O)O. The molecule has 0 spiro atoms. The molecule has 7 heteroatoms. The molecular weight excluding hydrogens is 450 g/mol. The monoisotopic (exact) mass is 499 g/mol. The highest BCUT2D eigenvalue weighted by molar-refractivity contribution is 7.80. The number of hydrogen-bond donors (Lipinski definition) is 3. The Morgan fingerprint density at radius 1 is 0.971 bits per heavy atom. The first kappa shape index (κ1) is 26.8. The minimum atomic E-state index is -4.44. The molecule has 4 N–H and O–H groups in total. The lowest BCUT2D eigenvalue weighted by molar-refractivity contribution is -0.166. The van der Waals surface area contributed by atoms with Gasteiger partial charge in [-0.05, 0) is 116 Å². The highest BCUT2D eigenvalue weighted by Gasteiger charge is 2.62. The van der Waals surface area contributed by atoms with E-state index in [0.29, 0.717) is 53.4 Å². The lowest BCUT2D eigenvalue weighted by atomic mass is 9.43. The van der Waals surface area contributed by atoms with Crippen LogP contribution in [-0.2, 0) is 14.6 Å². The molecule has 0 aromatic carbocycles. The van der Waals surface area contributed by atoms with Crippen LogP contribution in [0.2, 0.25) is 0 Å². The van der Waals surface area contributed by atoms with Crippen molar-refractivity contribution in [1.29, 1.82) is 0 Å². The summed E-state index contributed by atoms with van der Waals surface area (Å²) in [5, 5.41) is 11.4. The second kappa shape index (κ2) is 9.59. The fraction of sp³-hybridized carbons (Fsp3) is 1.00. The van der Waals surface area contributed by atoms with E-state index in [1.807, 2.05) is 13.8 Å². The summed E-state index contributed by atoms with van der Waals surface area (Å²) in [5.74, 6) is 3.18. The third-order valence-corrected chi connectivity index (χ3v) is 11.9. The van der Waals surface area contributed by atoms with Gasteiger partial charge >= 0.3 is 10.4 Å². The van der Waals surface area contributed by atoms with Gasteiger partial charge in [0.2, 0.25) is 0 Å². The summed E-state index contributed by atoms with van der Waals surface area (Å²) in [6.07, 6.45) is 9.95. The summed E-state index contributed by atoms with van der Waals surface area (Å²) >= 11 is 0. The summed E-state index contributed by atoms with van der Waals surface area (Å²) in [6, 6.07) is 0.298. The first-order chi connectivity index (χ1) is 15.8. The Balaban J connectivity index is 1.47. The molecule has 0 heterocycles. The van der Waals surface area contributed by atoms with Crippen LogP contribution in [0.1, 0.15) is 98.8 Å². The van der Waals surface area contributed by atoms with Crippen molar-refractivity contribution >= 4 is 10.4 Å². The molecule has 4 saturated carbocycles. The largest absolute Gasteiger partial charge is 0.397 e. The average molecular weight is 500 g/mol. The zero-order valence-corrected chi connectivity index (χ0v) is 22.8. The quantitative estimate of drug-likeness (QED) is 0.415. The predicted molar refractivity (Wildman–Crippen MR) is 134 cm³/mol. The summed E-state index contributed by atoms with van der Waals surface area (Å²) in [5.41, 5.74) is 6.89. The highest BCUT2D eigenvalue weighted by Crippen LogP contribution is 2.68. The van der Waals surface area contributed by atoms with Crippen LogP contribution in [0.5, 0.6) is 0 Å². The molecule has 5 unspecified atom stereocenters. The van der Waals surface area contributed by atoms with Crippen LogP contribution in [0.4, 0.5) is 0 Å². The van der Waals surface area contributed by atoms with E-state index in [2.05, 4.69) is 20.8 Å². The molecule has 0 saturated heterocycles. The van der Waals surface area contributed by atoms with E-state index in [4.69, 9.17) is 9.92 Å². The average Bonchev–Trinajstić information content (AvgIpc) is 3.08. The van der Waals surface area contributed by atoms with Crippen LogP contribution < -0.4 is 5.73 Å². The van der Waals surface area contributed by atoms with Crippen molar-refractivity contribution in [2.45, 2.75) is 117 Å². The highest BCUT2D eigenvalue weighted by atomic mass is 32.3. The van der Waals surface area contributed by atoms with E-state index in [9.17, 15) is 18.1 Å². The van der Waals surface area contributed by atoms with Crippen LogP contribution in [0.15, 0.2) is 0 Å². The number of aliphatic hydroxyl groups excluding tert-OH is 1. The van der Waals surface area contributed by atoms with E-state index in [1.54, 1.807) is 0 Å². The van der Waals surface area contributed by atoms with E-state index in [1.165, 1.54) is 32.1 Å². The van der Waals surface area contributed by atoms with Crippen molar-refractivity contribution in [3.8, 4) is 0 Å². The Hall–Kier alpha value is -0.210. The normalized spacial score (nSPS) is 46.4. The van der Waals surface area contributed by atoms with Gasteiger partial charge in [-0.1, -0.05) is 34.6 Å². The molecule has 0 bridgehead atoms. The first-order valence-corrected chi connectivity index (χ1v) is 15.2. The summed E-state index contributed by atoms with van der Waals surface area (Å²) in [4.78, 5) is 0. The Morgan fingerprint density at radius 2 is 1.62 bits per heavy atom. The fourth-order valence-electron chi connectivity index (χ4n) is 9.51. The smallest absolute Gasteiger partial charge is 0.393 e. The van der Waals surface area contributed by atoms with Gasteiger partial charge in [-0.3, -0.25) is 4.55 Å². The fourth-order valence-corrected chi connectivity index (χ4v) is 10.1. The molecule has 4 rings (SSSR count). The number of rotatable bonds is 7. The van der Waals surface area contributed by atoms with Gasteiger partial charge in [-0.2, -0.15) is 8.42 Å². The topological polar surface area (TPSA) is 110 Å². The third-order valence-electron chi connectivity index (χ3n) is 11.4. The number of fused-ring (bicyclic) bond motifs is 5. The molecule has 0 aliphatic heterocycles. The molecule has 4 fully saturated rings. The Morgan fingerprint density at radius 3 is 2.26 bits per heavy atom. The molecule has 34 heavy (non-hydrogen) atoms. The number of hydrogen-bond acceptors (Lipinski definition) is 5. The molecule has 6 nitrogen and oxygen atoms in total. The molecule has 0 aromatic heterocycles. The van der Waals surface area contributed by atoms with Crippen molar-refractivity contribution in [1.82, 2.24) is 0 Å². The Labute approximate surface area is 207 Å². The van der Waals surface area contributed by atoms with Crippen molar-refractivity contribution in [2.24, 2.45) is 58.0 Å². The molecule has 4 aliphatic carbocycles. The lowest BCUT2D eigenvalue weighted by Crippen LogP contribution is -2.59. The molecule has 0 radical (unpaired) electrons. The molecule has 198 valence electrons. The molecular formula is C27H49NO5S.